The molecule has 23 heavy (non-hydrogen) atoms. The van der Waals surface area contributed by atoms with Crippen molar-refractivity contribution in [3.63, 3.8) is 0 Å². The van der Waals surface area contributed by atoms with Gasteiger partial charge >= 0.3 is 5.97 Å². The molecule has 1 N–H and O–H groups in total. The molecule has 0 fully saturated rings. The van der Waals surface area contributed by atoms with E-state index in [-0.39, 0.29) is 17.9 Å². The Hall–Kier alpha value is -2.80. The fourth-order valence-electron chi connectivity index (χ4n) is 2.07. The van der Waals surface area contributed by atoms with Crippen molar-refractivity contribution in [1.29, 1.82) is 0 Å². The van der Waals surface area contributed by atoms with Crippen LogP contribution in [0, 0.1) is 5.82 Å². The van der Waals surface area contributed by atoms with Gasteiger partial charge in [-0.15, -0.1) is 10.2 Å². The lowest BCUT2D eigenvalue weighted by Gasteiger charge is -1.98. The topological polar surface area (TPSA) is 79.3 Å². The summed E-state index contributed by atoms with van der Waals surface area (Å²) in [5, 5.41) is 17.4. The maximum atomic E-state index is 13.2. The van der Waals surface area contributed by atoms with Crippen LogP contribution in [-0.2, 0) is 11.2 Å². The van der Waals surface area contributed by atoms with Gasteiger partial charge in [0.15, 0.2) is 5.82 Å². The molecule has 0 unspecified atom stereocenters. The van der Waals surface area contributed by atoms with Crippen molar-refractivity contribution in [1.82, 2.24) is 9.38 Å². The molecule has 0 radical (unpaired) electrons. The molecule has 2 heterocycles. The zero-order chi connectivity index (χ0) is 16.4. The van der Waals surface area contributed by atoms with Crippen LogP contribution in [0.4, 0.5) is 15.9 Å². The molecule has 0 aliphatic carbocycles. The van der Waals surface area contributed by atoms with Crippen molar-refractivity contribution < 1.29 is 14.3 Å². The zero-order valence-corrected chi connectivity index (χ0v) is 12.4. The molecule has 3 aromatic rings. The van der Waals surface area contributed by atoms with E-state index in [1.165, 1.54) is 18.2 Å². The minimum Gasteiger partial charge on any atom is -0.481 e. The first-order valence-electron chi connectivity index (χ1n) is 6.58. The third-order valence-corrected chi connectivity index (χ3v) is 3.24. The van der Waals surface area contributed by atoms with Gasteiger partial charge in [-0.25, -0.2) is 9.37 Å². The number of aromatic nitrogens is 2. The maximum absolute atomic E-state index is 13.2. The van der Waals surface area contributed by atoms with Crippen molar-refractivity contribution in [2.75, 3.05) is 0 Å². The molecule has 116 valence electrons. The second kappa shape index (κ2) is 6.13. The van der Waals surface area contributed by atoms with Gasteiger partial charge in [-0.05, 0) is 24.3 Å². The Balaban J connectivity index is 2.09. The second-order valence-electron chi connectivity index (χ2n) is 4.71. The molecule has 6 nitrogen and oxygen atoms in total. The SMILES string of the molecule is O=C(O)Cc1nc2ccc(Cl)cn2c1N=Nc1cccc(F)c1. The van der Waals surface area contributed by atoms with E-state index in [1.807, 2.05) is 0 Å². The molecule has 1 aromatic carbocycles. The second-order valence-corrected chi connectivity index (χ2v) is 5.14. The van der Waals surface area contributed by atoms with Gasteiger partial charge < -0.3 is 5.11 Å². The molecule has 0 atom stereocenters. The zero-order valence-electron chi connectivity index (χ0n) is 11.6. The Labute approximate surface area is 134 Å². The fourth-order valence-corrected chi connectivity index (χ4v) is 2.23. The minimum absolute atomic E-state index is 0.245. The average molecular weight is 333 g/mol. The van der Waals surface area contributed by atoms with E-state index in [9.17, 15) is 9.18 Å². The standard InChI is InChI=1S/C15H10ClFN4O2/c16-9-4-5-13-18-12(7-14(22)23)15(21(13)8-9)20-19-11-3-1-2-10(17)6-11/h1-6,8H,7H2,(H,22,23). The number of hydrogen-bond acceptors (Lipinski definition) is 4. The van der Waals surface area contributed by atoms with E-state index in [0.29, 0.717) is 16.4 Å². The van der Waals surface area contributed by atoms with Crippen molar-refractivity contribution in [2.24, 2.45) is 10.2 Å². The normalized spacial score (nSPS) is 11.4. The molecule has 0 aliphatic heterocycles. The predicted molar refractivity (Wildman–Crippen MR) is 82.1 cm³/mol. The van der Waals surface area contributed by atoms with Crippen molar-refractivity contribution in [3.05, 3.63) is 59.1 Å². The van der Waals surface area contributed by atoms with Gasteiger partial charge in [0, 0.05) is 12.3 Å². The number of benzene rings is 1. The lowest BCUT2D eigenvalue weighted by atomic mass is 10.3. The molecule has 0 aliphatic rings. The summed E-state index contributed by atoms with van der Waals surface area (Å²) in [5.74, 6) is -1.23. The minimum atomic E-state index is -1.04. The van der Waals surface area contributed by atoms with E-state index >= 15 is 0 Å². The number of hydrogen-bond donors (Lipinski definition) is 1. The van der Waals surface area contributed by atoms with Crippen LogP contribution < -0.4 is 0 Å². The number of nitrogens with zero attached hydrogens (tertiary/aromatic N) is 4. The van der Waals surface area contributed by atoms with Crippen LogP contribution in [0.3, 0.4) is 0 Å². The van der Waals surface area contributed by atoms with Crippen LogP contribution in [0.15, 0.2) is 52.8 Å². The van der Waals surface area contributed by atoms with Crippen LogP contribution in [0.25, 0.3) is 5.65 Å². The number of carbonyl (C=O) groups is 1. The number of fused-ring (bicyclic) bond motifs is 1. The summed E-state index contributed by atoms with van der Waals surface area (Å²) in [6, 6.07) is 8.89. The van der Waals surface area contributed by atoms with Crippen LogP contribution in [0.2, 0.25) is 5.02 Å². The number of carboxylic acids is 1. The van der Waals surface area contributed by atoms with Crippen molar-refractivity contribution >= 4 is 34.7 Å². The first-order valence-corrected chi connectivity index (χ1v) is 6.96. The van der Waals surface area contributed by atoms with Crippen molar-refractivity contribution in [2.45, 2.75) is 6.42 Å². The summed E-state index contributed by atoms with van der Waals surface area (Å²) in [7, 11) is 0. The lowest BCUT2D eigenvalue weighted by Crippen LogP contribution is -2.00. The highest BCUT2D eigenvalue weighted by atomic mass is 35.5. The van der Waals surface area contributed by atoms with E-state index in [1.54, 1.807) is 28.8 Å². The fraction of sp³-hybridized carbons (Fsp3) is 0.0667. The molecular weight excluding hydrogens is 323 g/mol. The summed E-state index contributed by atoms with van der Waals surface area (Å²) in [5.41, 5.74) is 1.06. The number of azo groups is 1. The van der Waals surface area contributed by atoms with Crippen molar-refractivity contribution in [3.8, 4) is 0 Å². The summed E-state index contributed by atoms with van der Waals surface area (Å²) < 4.78 is 14.7. The number of carboxylic acid groups (broad SMARTS) is 1. The monoisotopic (exact) mass is 332 g/mol. The highest BCUT2D eigenvalue weighted by Crippen LogP contribution is 2.26. The Morgan fingerprint density at radius 3 is 2.87 bits per heavy atom. The maximum Gasteiger partial charge on any atom is 0.309 e. The molecule has 2 aromatic heterocycles. The van der Waals surface area contributed by atoms with Crippen LogP contribution in [0.1, 0.15) is 5.69 Å². The molecule has 0 amide bonds. The largest absolute Gasteiger partial charge is 0.481 e. The quantitative estimate of drug-likeness (QED) is 0.728. The highest BCUT2D eigenvalue weighted by molar-refractivity contribution is 6.30. The molecule has 0 spiro atoms. The Bertz CT molecular complexity index is 923. The third-order valence-electron chi connectivity index (χ3n) is 3.01. The van der Waals surface area contributed by atoms with E-state index in [2.05, 4.69) is 15.2 Å². The number of imidazole rings is 1. The number of aliphatic carboxylic acids is 1. The average Bonchev–Trinajstić information content (AvgIpc) is 2.81. The summed E-state index contributed by atoms with van der Waals surface area (Å²) >= 11 is 5.96. The highest BCUT2D eigenvalue weighted by Gasteiger charge is 2.15. The number of rotatable bonds is 4. The predicted octanol–water partition coefficient (Wildman–Crippen LogP) is 4.17. The summed E-state index contributed by atoms with van der Waals surface area (Å²) in [4.78, 5) is 15.2. The Morgan fingerprint density at radius 2 is 2.13 bits per heavy atom. The van der Waals surface area contributed by atoms with Gasteiger partial charge in [0.25, 0.3) is 0 Å². The lowest BCUT2D eigenvalue weighted by molar-refractivity contribution is -0.136. The Kier molecular flexibility index (Phi) is 4.03. The Morgan fingerprint density at radius 1 is 1.30 bits per heavy atom. The van der Waals surface area contributed by atoms with E-state index < -0.39 is 11.8 Å². The van der Waals surface area contributed by atoms with Crippen LogP contribution >= 0.6 is 11.6 Å². The van der Waals surface area contributed by atoms with Gasteiger partial charge in [-0.3, -0.25) is 9.20 Å². The molecule has 3 rings (SSSR count). The first kappa shape index (κ1) is 15.1. The molecular formula is C15H10ClFN4O2. The first-order chi connectivity index (χ1) is 11.0. The van der Waals surface area contributed by atoms with Gasteiger partial charge in [-0.1, -0.05) is 17.7 Å². The van der Waals surface area contributed by atoms with Crippen LogP contribution in [-0.4, -0.2) is 20.5 Å². The van der Waals surface area contributed by atoms with Gasteiger partial charge in [0.1, 0.15) is 11.5 Å². The molecule has 0 saturated carbocycles. The van der Waals surface area contributed by atoms with Gasteiger partial charge in [0.05, 0.1) is 22.8 Å². The molecule has 8 heteroatoms. The molecule has 0 bridgehead atoms. The van der Waals surface area contributed by atoms with E-state index in [0.717, 1.165) is 0 Å². The van der Waals surface area contributed by atoms with Gasteiger partial charge in [0.2, 0.25) is 0 Å². The number of pyridine rings is 1. The number of halogens is 2. The third kappa shape index (κ3) is 3.35. The van der Waals surface area contributed by atoms with E-state index in [4.69, 9.17) is 16.7 Å². The summed E-state index contributed by atoms with van der Waals surface area (Å²) in [6.07, 6.45) is 1.26. The van der Waals surface area contributed by atoms with Crippen LogP contribution in [0.5, 0.6) is 0 Å². The smallest absolute Gasteiger partial charge is 0.309 e. The summed E-state index contributed by atoms with van der Waals surface area (Å²) in [6.45, 7) is 0. The van der Waals surface area contributed by atoms with Gasteiger partial charge in [-0.2, -0.15) is 0 Å². The molecule has 0 saturated heterocycles.